The quantitative estimate of drug-likeness (QED) is 0.465. The third kappa shape index (κ3) is 2.23. The van der Waals surface area contributed by atoms with Crippen molar-refractivity contribution in [1.29, 1.82) is 0 Å². The molecule has 0 aliphatic heterocycles. The lowest BCUT2D eigenvalue weighted by Gasteiger charge is -2.10. The van der Waals surface area contributed by atoms with Crippen molar-refractivity contribution in [3.8, 4) is 11.8 Å². The van der Waals surface area contributed by atoms with Crippen molar-refractivity contribution in [2.24, 2.45) is 5.84 Å². The number of aryl methyl sites for hydroxylation is 2. The molecule has 0 radical (unpaired) electrons. The number of thiophene rings is 1. The van der Waals surface area contributed by atoms with Gasteiger partial charge < -0.3 is 0 Å². The van der Waals surface area contributed by atoms with E-state index < -0.39 is 0 Å². The first-order valence-corrected chi connectivity index (χ1v) is 6.14. The average Bonchev–Trinajstić information content (AvgIpc) is 2.79. The van der Waals surface area contributed by atoms with Gasteiger partial charge in [-0.1, -0.05) is 0 Å². The Kier molecular flexibility index (Phi) is 3.42. The highest BCUT2D eigenvalue weighted by Crippen LogP contribution is 2.34. The zero-order valence-electron chi connectivity index (χ0n) is 8.97. The van der Waals surface area contributed by atoms with Gasteiger partial charge in [0.15, 0.2) is 0 Å². The van der Waals surface area contributed by atoms with E-state index in [9.17, 15) is 0 Å². The molecule has 1 aromatic rings. The van der Waals surface area contributed by atoms with Gasteiger partial charge in [-0.2, -0.15) is 0 Å². The summed E-state index contributed by atoms with van der Waals surface area (Å²) < 4.78 is 0. The van der Waals surface area contributed by atoms with Crippen LogP contribution in [-0.2, 0) is 12.8 Å². The summed E-state index contributed by atoms with van der Waals surface area (Å²) >= 11 is 1.89. The van der Waals surface area contributed by atoms with Gasteiger partial charge in [-0.25, -0.2) is 0 Å². The SMILES string of the molecule is CC#CCC(NN)c1cc2c(s1)CCC2. The van der Waals surface area contributed by atoms with Gasteiger partial charge in [-0.15, -0.1) is 23.2 Å². The first kappa shape index (κ1) is 10.7. The van der Waals surface area contributed by atoms with Crippen LogP contribution in [0.4, 0.5) is 0 Å². The Bertz CT molecular complexity index is 376. The topological polar surface area (TPSA) is 38.0 Å². The van der Waals surface area contributed by atoms with Gasteiger partial charge in [-0.3, -0.25) is 11.3 Å². The molecule has 0 amide bonds. The van der Waals surface area contributed by atoms with E-state index >= 15 is 0 Å². The lowest BCUT2D eigenvalue weighted by atomic mass is 10.1. The molecule has 1 aliphatic carbocycles. The zero-order chi connectivity index (χ0) is 10.7. The van der Waals surface area contributed by atoms with Gasteiger partial charge in [0, 0.05) is 16.2 Å². The zero-order valence-corrected chi connectivity index (χ0v) is 9.79. The molecule has 0 saturated heterocycles. The number of hydrazine groups is 1. The first-order valence-electron chi connectivity index (χ1n) is 5.32. The van der Waals surface area contributed by atoms with Crippen LogP contribution in [0, 0.1) is 11.8 Å². The molecule has 0 saturated carbocycles. The van der Waals surface area contributed by atoms with Gasteiger partial charge in [0.2, 0.25) is 0 Å². The van der Waals surface area contributed by atoms with Crippen LogP contribution in [0.3, 0.4) is 0 Å². The summed E-state index contributed by atoms with van der Waals surface area (Å²) in [6.45, 7) is 1.86. The molecule has 0 fully saturated rings. The summed E-state index contributed by atoms with van der Waals surface area (Å²) in [5.41, 5.74) is 4.38. The fourth-order valence-electron chi connectivity index (χ4n) is 1.97. The number of nitrogens with two attached hydrogens (primary N) is 1. The smallest absolute Gasteiger partial charge is 0.0662 e. The van der Waals surface area contributed by atoms with E-state index in [-0.39, 0.29) is 6.04 Å². The molecule has 0 aromatic carbocycles. The maximum Gasteiger partial charge on any atom is 0.0662 e. The van der Waals surface area contributed by atoms with Crippen molar-refractivity contribution >= 4 is 11.3 Å². The lowest BCUT2D eigenvalue weighted by molar-refractivity contribution is 0.576. The minimum Gasteiger partial charge on any atom is -0.271 e. The van der Waals surface area contributed by atoms with Gasteiger partial charge in [0.05, 0.1) is 6.04 Å². The first-order chi connectivity index (χ1) is 7.35. The second kappa shape index (κ2) is 4.80. The minimum absolute atomic E-state index is 0.202. The van der Waals surface area contributed by atoms with Gasteiger partial charge in [-0.05, 0) is 37.8 Å². The molecule has 3 heteroatoms. The van der Waals surface area contributed by atoms with E-state index in [0.29, 0.717) is 0 Å². The second-order valence-corrected chi connectivity index (χ2v) is 4.97. The molecular weight excluding hydrogens is 204 g/mol. The Labute approximate surface area is 94.8 Å². The fourth-order valence-corrected chi connectivity index (χ4v) is 3.29. The minimum atomic E-state index is 0.202. The number of hydrogen-bond donors (Lipinski definition) is 2. The molecule has 1 aliphatic rings. The molecule has 0 bridgehead atoms. The third-order valence-corrected chi connectivity index (χ3v) is 4.14. The maximum absolute atomic E-state index is 5.55. The fraction of sp³-hybridized carbons (Fsp3) is 0.500. The predicted molar refractivity (Wildman–Crippen MR) is 64.5 cm³/mol. The average molecular weight is 220 g/mol. The summed E-state index contributed by atoms with van der Waals surface area (Å²) in [5.74, 6) is 11.5. The number of fused-ring (bicyclic) bond motifs is 1. The largest absolute Gasteiger partial charge is 0.271 e. The Morgan fingerprint density at radius 1 is 1.60 bits per heavy atom. The molecule has 15 heavy (non-hydrogen) atoms. The van der Waals surface area contributed by atoms with Crippen molar-refractivity contribution in [3.05, 3.63) is 21.4 Å². The van der Waals surface area contributed by atoms with Crippen LogP contribution in [0.25, 0.3) is 0 Å². The van der Waals surface area contributed by atoms with Crippen LogP contribution in [0.2, 0.25) is 0 Å². The van der Waals surface area contributed by atoms with Crippen molar-refractivity contribution in [1.82, 2.24) is 5.43 Å². The molecule has 1 heterocycles. The van der Waals surface area contributed by atoms with Gasteiger partial charge in [0.25, 0.3) is 0 Å². The van der Waals surface area contributed by atoms with E-state index in [2.05, 4.69) is 23.3 Å². The highest BCUT2D eigenvalue weighted by molar-refractivity contribution is 7.12. The number of hydrogen-bond acceptors (Lipinski definition) is 3. The Morgan fingerprint density at radius 3 is 3.13 bits per heavy atom. The summed E-state index contributed by atoms with van der Waals surface area (Å²) in [5, 5.41) is 0. The summed E-state index contributed by atoms with van der Waals surface area (Å²) in [6.07, 6.45) is 4.60. The predicted octanol–water partition coefficient (Wildman–Crippen LogP) is 2.15. The van der Waals surface area contributed by atoms with Crippen molar-refractivity contribution in [3.63, 3.8) is 0 Å². The van der Waals surface area contributed by atoms with Crippen LogP contribution < -0.4 is 11.3 Å². The Morgan fingerprint density at radius 2 is 2.47 bits per heavy atom. The van der Waals surface area contributed by atoms with E-state index in [4.69, 9.17) is 5.84 Å². The molecule has 1 atom stereocenters. The summed E-state index contributed by atoms with van der Waals surface area (Å²) in [7, 11) is 0. The van der Waals surface area contributed by atoms with E-state index in [1.165, 1.54) is 29.7 Å². The molecule has 1 aromatic heterocycles. The molecule has 0 spiro atoms. The number of rotatable bonds is 3. The van der Waals surface area contributed by atoms with Crippen molar-refractivity contribution < 1.29 is 0 Å². The Balaban J connectivity index is 2.14. The van der Waals surface area contributed by atoms with Crippen LogP contribution in [-0.4, -0.2) is 0 Å². The van der Waals surface area contributed by atoms with Crippen LogP contribution in [0.15, 0.2) is 6.07 Å². The van der Waals surface area contributed by atoms with Gasteiger partial charge >= 0.3 is 0 Å². The molecule has 2 nitrogen and oxygen atoms in total. The van der Waals surface area contributed by atoms with Crippen LogP contribution >= 0.6 is 11.3 Å². The highest BCUT2D eigenvalue weighted by Gasteiger charge is 2.18. The molecule has 2 rings (SSSR count). The van der Waals surface area contributed by atoms with Gasteiger partial charge in [0.1, 0.15) is 0 Å². The number of nitrogens with one attached hydrogen (secondary N) is 1. The highest BCUT2D eigenvalue weighted by atomic mass is 32.1. The van der Waals surface area contributed by atoms with Crippen LogP contribution in [0.5, 0.6) is 0 Å². The monoisotopic (exact) mass is 220 g/mol. The summed E-state index contributed by atoms with van der Waals surface area (Å²) in [6, 6.07) is 2.50. The Hall–Kier alpha value is -0.820. The lowest BCUT2D eigenvalue weighted by Crippen LogP contribution is -2.27. The maximum atomic E-state index is 5.55. The second-order valence-electron chi connectivity index (χ2n) is 3.80. The van der Waals surface area contributed by atoms with Crippen molar-refractivity contribution in [2.45, 2.75) is 38.6 Å². The molecular formula is C12H16N2S. The van der Waals surface area contributed by atoms with E-state index in [0.717, 1.165) is 6.42 Å². The van der Waals surface area contributed by atoms with Crippen molar-refractivity contribution in [2.75, 3.05) is 0 Å². The normalized spacial score (nSPS) is 15.6. The third-order valence-electron chi connectivity index (χ3n) is 2.79. The molecule has 3 N–H and O–H groups in total. The summed E-state index contributed by atoms with van der Waals surface area (Å²) in [4.78, 5) is 2.89. The van der Waals surface area contributed by atoms with E-state index in [1.54, 1.807) is 4.88 Å². The van der Waals surface area contributed by atoms with E-state index in [1.807, 2.05) is 18.3 Å². The van der Waals surface area contributed by atoms with Crippen LogP contribution in [0.1, 0.15) is 41.1 Å². The molecule has 1 unspecified atom stereocenters. The molecule has 80 valence electrons. The standard InChI is InChI=1S/C12H16N2S/c1-2-3-6-10(14-13)12-8-9-5-4-7-11(9)15-12/h8,10,14H,4-7,13H2,1H3.